The summed E-state index contributed by atoms with van der Waals surface area (Å²) in [7, 11) is 1.19. The van der Waals surface area contributed by atoms with Gasteiger partial charge in [-0.2, -0.15) is 0 Å². The number of esters is 1. The molecule has 0 heterocycles. The summed E-state index contributed by atoms with van der Waals surface area (Å²) in [5, 5.41) is 3.04. The molecule has 0 saturated heterocycles. The van der Waals surface area contributed by atoms with Crippen LogP contribution in [-0.4, -0.2) is 69.4 Å². The molecule has 0 rings (SSSR count). The molecule has 0 aliphatic carbocycles. The van der Waals surface area contributed by atoms with Gasteiger partial charge in [0.15, 0.2) is 0 Å². The lowest BCUT2D eigenvalue weighted by Crippen LogP contribution is -2.47. The maximum Gasteiger partial charge on any atom is 0.306 e. The summed E-state index contributed by atoms with van der Waals surface area (Å²) >= 11 is 0. The zero-order chi connectivity index (χ0) is 60.7. The molecule has 3 unspecified atom stereocenters. The van der Waals surface area contributed by atoms with Gasteiger partial charge in [-0.1, -0.05) is 287 Å². The highest BCUT2D eigenvalue weighted by atomic mass is 31.2. The summed E-state index contributed by atoms with van der Waals surface area (Å²) in [6, 6.07) is -0.892. The maximum atomic E-state index is 13.6. The molecule has 0 saturated carbocycles. The third-order valence-corrected chi connectivity index (χ3v) is 16.6. The number of hydrogen-bond donors (Lipinski definition) is 1. The van der Waals surface area contributed by atoms with E-state index in [1.54, 1.807) is 0 Å². The molecule has 0 aromatic carbocycles. The highest BCUT2D eigenvalue weighted by molar-refractivity contribution is 7.45. The monoisotopic (exact) mass is 1180 g/mol. The van der Waals surface area contributed by atoms with E-state index in [9.17, 15) is 19.0 Å². The van der Waals surface area contributed by atoms with Gasteiger partial charge in [-0.05, 0) is 102 Å². The third kappa shape index (κ3) is 63.8. The normalized spacial score (nSPS) is 14.0. The highest BCUT2D eigenvalue weighted by Crippen LogP contribution is 2.38. The van der Waals surface area contributed by atoms with Crippen LogP contribution in [0.4, 0.5) is 0 Å². The van der Waals surface area contributed by atoms with Gasteiger partial charge in [0, 0.05) is 12.8 Å². The van der Waals surface area contributed by atoms with Crippen molar-refractivity contribution in [2.45, 2.75) is 341 Å². The first-order valence-corrected chi connectivity index (χ1v) is 36.7. The largest absolute Gasteiger partial charge is 0.756 e. The van der Waals surface area contributed by atoms with Crippen LogP contribution >= 0.6 is 7.82 Å². The summed E-state index contributed by atoms with van der Waals surface area (Å²) in [6.45, 7) is 6.82. The number of hydrogen-bond acceptors (Lipinski definition) is 7. The lowest BCUT2D eigenvalue weighted by Gasteiger charge is -2.30. The van der Waals surface area contributed by atoms with Crippen LogP contribution in [0.5, 0.6) is 0 Å². The van der Waals surface area contributed by atoms with Crippen LogP contribution in [0.3, 0.4) is 0 Å². The second-order valence-electron chi connectivity index (χ2n) is 25.0. The van der Waals surface area contributed by atoms with E-state index in [0.29, 0.717) is 17.4 Å². The molecule has 1 amide bonds. The van der Waals surface area contributed by atoms with Gasteiger partial charge in [-0.25, -0.2) is 0 Å². The molecule has 3 atom stereocenters. The molecule has 0 bridgehead atoms. The molecular weight excluding hydrogens is 1050 g/mol. The predicted octanol–water partition coefficient (Wildman–Crippen LogP) is 21.7. The van der Waals surface area contributed by atoms with E-state index in [-0.39, 0.29) is 31.5 Å². The topological polar surface area (TPSA) is 114 Å². The Morgan fingerprint density at radius 2 is 0.735 bits per heavy atom. The molecule has 0 aliphatic heterocycles. The van der Waals surface area contributed by atoms with Crippen molar-refractivity contribution in [1.82, 2.24) is 5.32 Å². The van der Waals surface area contributed by atoms with Crippen LogP contribution in [0, 0.1) is 0 Å². The molecule has 9 nitrogen and oxygen atoms in total. The number of phosphoric acid groups is 1. The third-order valence-electron chi connectivity index (χ3n) is 15.6. The summed E-state index contributed by atoms with van der Waals surface area (Å²) in [4.78, 5) is 40.1. The van der Waals surface area contributed by atoms with Crippen LogP contribution in [-0.2, 0) is 27.9 Å². The number of ether oxygens (including phenoxy) is 1. The molecule has 484 valence electrons. The van der Waals surface area contributed by atoms with Crippen molar-refractivity contribution < 1.29 is 37.3 Å². The fourth-order valence-corrected chi connectivity index (χ4v) is 10.9. The number of rotatable bonds is 64. The van der Waals surface area contributed by atoms with E-state index in [1.807, 2.05) is 33.3 Å². The number of carbonyl (C=O) groups excluding carboxylic acids is 2. The Bertz CT molecular complexity index is 1650. The minimum absolute atomic E-state index is 0.0240. The first-order chi connectivity index (χ1) is 40.4. The van der Waals surface area contributed by atoms with Crippen LogP contribution in [0.1, 0.15) is 329 Å². The molecule has 0 aliphatic rings. The number of phosphoric ester groups is 1. The number of nitrogens with zero attached hydrogens (tertiary/aromatic N) is 1. The van der Waals surface area contributed by atoms with E-state index in [0.717, 1.165) is 77.0 Å². The first kappa shape index (κ1) is 80.5. The lowest BCUT2D eigenvalue weighted by atomic mass is 10.0. The van der Waals surface area contributed by atoms with E-state index in [4.69, 9.17) is 13.8 Å². The second-order valence-corrected chi connectivity index (χ2v) is 26.4. The van der Waals surface area contributed by atoms with Crippen molar-refractivity contribution in [3.05, 3.63) is 72.9 Å². The molecule has 0 radical (unpaired) electrons. The average molecular weight is 1180 g/mol. The Kier molecular flexibility index (Phi) is 60.6. The van der Waals surface area contributed by atoms with Gasteiger partial charge in [0.2, 0.25) is 5.91 Å². The van der Waals surface area contributed by atoms with Crippen LogP contribution < -0.4 is 10.2 Å². The molecule has 10 heteroatoms. The van der Waals surface area contributed by atoms with Gasteiger partial charge in [-0.15, -0.1) is 0 Å². The standard InChI is InChI=1S/C73H135N2O7P/c1-7-10-13-16-19-22-25-27-29-31-33-35-36-37-38-40-41-43-45-47-50-53-56-59-62-65-72(76)74-70(69-81-83(78,79)80-68-67-75(4,5)6)71(64-61-58-55-52-49-24-21-18-15-12-9-3)82-73(77)66-63-60-57-54-51-48-46-44-42-39-34-32-30-28-26-23-20-17-14-11-8-2/h19-20,22-23,27-30,33,35,61,64,70-71H,7-18,21,24-26,31-32,34,36-60,62-63,65-69H2,1-6H3,(H-,74,76,78,79)/b22-19-,23-20-,29-27-,30-28-,35-33-,64-61-. The molecule has 83 heavy (non-hydrogen) atoms. The quantitative estimate of drug-likeness (QED) is 0.0212. The van der Waals surface area contributed by atoms with E-state index in [2.05, 4.69) is 86.8 Å². The van der Waals surface area contributed by atoms with Gasteiger partial charge in [0.25, 0.3) is 7.82 Å². The lowest BCUT2D eigenvalue weighted by molar-refractivity contribution is -0.870. The van der Waals surface area contributed by atoms with Crippen LogP contribution in [0.2, 0.25) is 0 Å². The summed E-state index contributed by atoms with van der Waals surface area (Å²) < 4.78 is 30.4. The SMILES string of the molecule is CCCCC/C=C\C/C=C\C/C=C\CCCCCCCCCCCCCCC(=O)NC(COP(=O)([O-])OCC[N+](C)(C)C)C(/C=C\CCCCCCCCCCC)OC(=O)CCCCCCCCCCCCC/C=C\C/C=C\CCCCC. The Morgan fingerprint density at radius 1 is 0.422 bits per heavy atom. The molecule has 0 aromatic heterocycles. The number of carbonyl (C=O) groups is 2. The van der Waals surface area contributed by atoms with Crippen LogP contribution in [0.25, 0.3) is 0 Å². The smallest absolute Gasteiger partial charge is 0.306 e. The fraction of sp³-hybridized carbons (Fsp3) is 0.808. The van der Waals surface area contributed by atoms with Crippen molar-refractivity contribution in [3.8, 4) is 0 Å². The van der Waals surface area contributed by atoms with Crippen molar-refractivity contribution in [3.63, 3.8) is 0 Å². The van der Waals surface area contributed by atoms with Gasteiger partial charge < -0.3 is 28.5 Å². The Labute approximate surface area is 514 Å². The van der Waals surface area contributed by atoms with Crippen molar-refractivity contribution in [2.24, 2.45) is 0 Å². The summed E-state index contributed by atoms with van der Waals surface area (Å²) in [6.07, 6.45) is 81.6. The number of likely N-dealkylation sites (N-methyl/N-ethyl adjacent to an activating group) is 1. The highest BCUT2D eigenvalue weighted by Gasteiger charge is 2.27. The molecule has 0 spiro atoms. The van der Waals surface area contributed by atoms with Gasteiger partial charge in [0.1, 0.15) is 19.3 Å². The second kappa shape index (κ2) is 62.5. The Hall–Kier alpha value is -2.55. The number of unbranched alkanes of at least 4 members (excludes halogenated alkanes) is 38. The number of quaternary nitrogens is 1. The van der Waals surface area contributed by atoms with Gasteiger partial charge in [0.05, 0.1) is 33.8 Å². The average Bonchev–Trinajstić information content (AvgIpc) is 3.51. The minimum atomic E-state index is -4.70. The number of nitrogens with one attached hydrogen (secondary N) is 1. The Morgan fingerprint density at radius 3 is 1.12 bits per heavy atom. The van der Waals surface area contributed by atoms with E-state index in [1.165, 1.54) is 218 Å². The number of amides is 1. The maximum absolute atomic E-state index is 13.6. The van der Waals surface area contributed by atoms with Crippen molar-refractivity contribution >= 4 is 19.7 Å². The molecule has 0 fully saturated rings. The van der Waals surface area contributed by atoms with Gasteiger partial charge >= 0.3 is 5.97 Å². The molecule has 1 N–H and O–H groups in total. The molecular formula is C73H135N2O7P. The van der Waals surface area contributed by atoms with Crippen LogP contribution in [0.15, 0.2) is 72.9 Å². The minimum Gasteiger partial charge on any atom is -0.756 e. The van der Waals surface area contributed by atoms with Crippen molar-refractivity contribution in [1.29, 1.82) is 0 Å². The zero-order valence-electron chi connectivity index (χ0n) is 55.4. The zero-order valence-corrected chi connectivity index (χ0v) is 56.3. The van der Waals surface area contributed by atoms with E-state index < -0.39 is 20.0 Å². The van der Waals surface area contributed by atoms with Crippen molar-refractivity contribution in [2.75, 3.05) is 40.9 Å². The Balaban J connectivity index is 5.03. The van der Waals surface area contributed by atoms with E-state index >= 15 is 0 Å². The predicted molar refractivity (Wildman–Crippen MR) is 358 cm³/mol. The fourth-order valence-electron chi connectivity index (χ4n) is 10.1. The summed E-state index contributed by atoms with van der Waals surface area (Å²) in [5.41, 5.74) is 0. The first-order valence-electron chi connectivity index (χ1n) is 35.2. The van der Waals surface area contributed by atoms with Gasteiger partial charge in [-0.3, -0.25) is 14.2 Å². The molecule has 0 aromatic rings. The summed E-state index contributed by atoms with van der Waals surface area (Å²) in [5.74, 6) is -0.537. The number of allylic oxidation sites excluding steroid dienone is 11.